The zero-order valence-electron chi connectivity index (χ0n) is 15.6. The molecule has 154 valence electrons. The zero-order valence-corrected chi connectivity index (χ0v) is 15.6. The van der Waals surface area contributed by atoms with Crippen LogP contribution < -0.4 is 10.8 Å². The van der Waals surface area contributed by atoms with Crippen molar-refractivity contribution in [2.45, 2.75) is 24.9 Å². The van der Waals surface area contributed by atoms with Crippen LogP contribution in [0.3, 0.4) is 0 Å². The van der Waals surface area contributed by atoms with E-state index < -0.39 is 29.4 Å². The Morgan fingerprint density at radius 2 is 1.72 bits per heavy atom. The van der Waals surface area contributed by atoms with E-state index in [9.17, 15) is 22.8 Å². The summed E-state index contributed by atoms with van der Waals surface area (Å²) in [5.41, 5.74) is 2.39. The van der Waals surface area contributed by atoms with Crippen molar-refractivity contribution in [2.75, 3.05) is 13.6 Å². The minimum absolute atomic E-state index is 0.118. The first-order chi connectivity index (χ1) is 13.8. The fourth-order valence-electron chi connectivity index (χ4n) is 3.43. The Morgan fingerprint density at radius 1 is 1.10 bits per heavy atom. The highest BCUT2D eigenvalue weighted by atomic mass is 19.2. The Balaban J connectivity index is 1.84. The summed E-state index contributed by atoms with van der Waals surface area (Å²) in [5, 5.41) is 11.7. The molecule has 29 heavy (non-hydrogen) atoms. The third kappa shape index (κ3) is 4.41. The monoisotopic (exact) mass is 407 g/mol. The maximum absolute atomic E-state index is 13.5. The highest BCUT2D eigenvalue weighted by molar-refractivity contribution is 5.90. The van der Waals surface area contributed by atoms with Gasteiger partial charge >= 0.3 is 0 Å². The largest absolute Gasteiger partial charge is 0.339 e. The number of nitrogens with one attached hydrogen (secondary N) is 2. The van der Waals surface area contributed by atoms with Gasteiger partial charge in [0.25, 0.3) is 5.91 Å². The number of hydrogen-bond acceptors (Lipinski definition) is 4. The summed E-state index contributed by atoms with van der Waals surface area (Å²) in [6.07, 6.45) is 1.53. The van der Waals surface area contributed by atoms with Gasteiger partial charge in [-0.1, -0.05) is 24.3 Å². The van der Waals surface area contributed by atoms with Gasteiger partial charge in [0.2, 0.25) is 5.91 Å². The molecule has 1 aliphatic heterocycles. The van der Waals surface area contributed by atoms with E-state index in [2.05, 4.69) is 5.32 Å². The molecule has 0 radical (unpaired) electrons. The number of nitrogens with zero attached hydrogens (tertiary/aromatic N) is 1. The standard InChI is InChI=1S/C20H20F3N3O3/c1-26-8-2-3-16(26)19(27)24-18(20(28)25-29)12-6-4-11(5-7-12)13-9-14(21)17(23)15(22)10-13/h4-7,9-10,16,18,29H,2-3,8H2,1H3,(H,24,27)(H,25,28). The molecule has 6 nitrogen and oxygen atoms in total. The van der Waals surface area contributed by atoms with Crippen molar-refractivity contribution in [2.24, 2.45) is 0 Å². The fourth-order valence-corrected chi connectivity index (χ4v) is 3.43. The predicted molar refractivity (Wildman–Crippen MR) is 98.2 cm³/mol. The third-order valence-electron chi connectivity index (χ3n) is 5.04. The number of carbonyl (C=O) groups is 2. The summed E-state index contributed by atoms with van der Waals surface area (Å²) >= 11 is 0. The number of likely N-dealkylation sites (N-methyl/N-ethyl adjacent to an activating group) is 1. The van der Waals surface area contributed by atoms with Crippen LogP contribution in [-0.2, 0) is 9.59 Å². The second kappa shape index (κ2) is 8.62. The molecular weight excluding hydrogens is 387 g/mol. The number of hydroxylamine groups is 1. The van der Waals surface area contributed by atoms with Crippen molar-refractivity contribution < 1.29 is 28.0 Å². The summed E-state index contributed by atoms with van der Waals surface area (Å²) in [7, 11) is 1.81. The molecule has 1 fully saturated rings. The number of carbonyl (C=O) groups excluding carboxylic acids is 2. The molecule has 2 unspecified atom stereocenters. The van der Waals surface area contributed by atoms with Gasteiger partial charge in [-0.25, -0.2) is 18.7 Å². The molecule has 3 rings (SSSR count). The first kappa shape index (κ1) is 20.8. The summed E-state index contributed by atoms with van der Waals surface area (Å²) in [6.45, 7) is 0.772. The molecule has 0 spiro atoms. The minimum atomic E-state index is -1.55. The van der Waals surface area contributed by atoms with Crippen molar-refractivity contribution in [1.29, 1.82) is 0 Å². The van der Waals surface area contributed by atoms with E-state index in [1.54, 1.807) is 0 Å². The lowest BCUT2D eigenvalue weighted by Gasteiger charge is -2.23. The van der Waals surface area contributed by atoms with Gasteiger partial charge in [0.15, 0.2) is 17.5 Å². The van der Waals surface area contributed by atoms with E-state index in [0.717, 1.165) is 25.1 Å². The lowest BCUT2D eigenvalue weighted by molar-refractivity contribution is -0.136. The van der Waals surface area contributed by atoms with Gasteiger partial charge in [0, 0.05) is 0 Å². The van der Waals surface area contributed by atoms with E-state index >= 15 is 0 Å². The average Bonchev–Trinajstić information content (AvgIpc) is 3.15. The molecule has 0 aromatic heterocycles. The lowest BCUT2D eigenvalue weighted by atomic mass is 9.99. The number of likely N-dealkylation sites (tertiary alicyclic amines) is 1. The first-order valence-corrected chi connectivity index (χ1v) is 9.01. The van der Waals surface area contributed by atoms with E-state index in [4.69, 9.17) is 5.21 Å². The van der Waals surface area contributed by atoms with Crippen molar-refractivity contribution in [1.82, 2.24) is 15.7 Å². The highest BCUT2D eigenvalue weighted by Crippen LogP contribution is 2.26. The van der Waals surface area contributed by atoms with E-state index in [1.807, 2.05) is 11.9 Å². The third-order valence-corrected chi connectivity index (χ3v) is 5.04. The van der Waals surface area contributed by atoms with E-state index in [0.29, 0.717) is 17.5 Å². The zero-order chi connectivity index (χ0) is 21.1. The van der Waals surface area contributed by atoms with Gasteiger partial charge in [-0.2, -0.15) is 0 Å². The summed E-state index contributed by atoms with van der Waals surface area (Å²) in [6, 6.07) is 6.12. The summed E-state index contributed by atoms with van der Waals surface area (Å²) < 4.78 is 40.1. The van der Waals surface area contributed by atoms with Gasteiger partial charge in [0.05, 0.1) is 6.04 Å². The SMILES string of the molecule is CN1CCCC1C(=O)NC(C(=O)NO)c1ccc(-c2cc(F)c(F)c(F)c2)cc1. The van der Waals surface area contributed by atoms with Crippen LogP contribution in [0.1, 0.15) is 24.4 Å². The predicted octanol–water partition coefficient (Wildman–Crippen LogP) is 2.53. The Labute approximate surface area is 165 Å². The van der Waals surface area contributed by atoms with Crippen LogP contribution >= 0.6 is 0 Å². The van der Waals surface area contributed by atoms with Crippen LogP contribution in [0.25, 0.3) is 11.1 Å². The lowest BCUT2D eigenvalue weighted by Crippen LogP contribution is -2.46. The highest BCUT2D eigenvalue weighted by Gasteiger charge is 2.31. The molecule has 2 aromatic rings. The molecule has 2 aromatic carbocycles. The minimum Gasteiger partial charge on any atom is -0.339 e. The summed E-state index contributed by atoms with van der Waals surface area (Å²) in [4.78, 5) is 26.5. The molecular formula is C20H20F3N3O3. The quantitative estimate of drug-likeness (QED) is 0.404. The number of halogens is 3. The molecule has 0 bridgehead atoms. The van der Waals surface area contributed by atoms with E-state index in [-0.39, 0.29) is 17.5 Å². The first-order valence-electron chi connectivity index (χ1n) is 9.01. The van der Waals surface area contributed by atoms with Crippen LogP contribution in [0.15, 0.2) is 36.4 Å². The Hall–Kier alpha value is -2.91. The molecule has 1 heterocycles. The summed E-state index contributed by atoms with van der Waals surface area (Å²) in [5.74, 6) is -5.34. The van der Waals surface area contributed by atoms with Crippen LogP contribution in [0.5, 0.6) is 0 Å². The van der Waals surface area contributed by atoms with Gasteiger partial charge in [-0.15, -0.1) is 0 Å². The van der Waals surface area contributed by atoms with Gasteiger partial charge in [0.1, 0.15) is 6.04 Å². The van der Waals surface area contributed by atoms with Crippen LogP contribution in [0, 0.1) is 17.5 Å². The maximum Gasteiger partial charge on any atom is 0.270 e. The van der Waals surface area contributed by atoms with E-state index in [1.165, 1.54) is 29.7 Å². The molecule has 3 N–H and O–H groups in total. The fraction of sp³-hybridized carbons (Fsp3) is 0.300. The van der Waals surface area contributed by atoms with Gasteiger partial charge in [-0.3, -0.25) is 19.7 Å². The van der Waals surface area contributed by atoms with Gasteiger partial charge in [-0.05, 0) is 55.3 Å². The Bertz CT molecular complexity index is 898. The topological polar surface area (TPSA) is 81.7 Å². The number of hydrogen-bond donors (Lipinski definition) is 3. The Kier molecular flexibility index (Phi) is 6.19. The molecule has 1 saturated heterocycles. The molecule has 9 heteroatoms. The molecule has 0 saturated carbocycles. The Morgan fingerprint density at radius 3 is 2.24 bits per heavy atom. The average molecular weight is 407 g/mol. The number of amides is 2. The molecule has 2 amide bonds. The van der Waals surface area contributed by atoms with Crippen molar-refractivity contribution in [3.05, 3.63) is 59.4 Å². The van der Waals surface area contributed by atoms with Crippen molar-refractivity contribution >= 4 is 11.8 Å². The van der Waals surface area contributed by atoms with Crippen molar-refractivity contribution in [3.8, 4) is 11.1 Å². The second-order valence-corrected chi connectivity index (χ2v) is 6.93. The molecule has 2 atom stereocenters. The van der Waals surface area contributed by atoms with Crippen LogP contribution in [0.2, 0.25) is 0 Å². The maximum atomic E-state index is 13.5. The number of rotatable bonds is 5. The normalized spacial score (nSPS) is 17.8. The van der Waals surface area contributed by atoms with Crippen LogP contribution in [0.4, 0.5) is 13.2 Å². The molecule has 1 aliphatic rings. The second-order valence-electron chi connectivity index (χ2n) is 6.93. The smallest absolute Gasteiger partial charge is 0.270 e. The van der Waals surface area contributed by atoms with Crippen LogP contribution in [-0.4, -0.2) is 41.6 Å². The van der Waals surface area contributed by atoms with Crippen molar-refractivity contribution in [3.63, 3.8) is 0 Å². The number of benzene rings is 2. The molecule has 0 aliphatic carbocycles. The van der Waals surface area contributed by atoms with Gasteiger partial charge < -0.3 is 5.32 Å².